The van der Waals surface area contributed by atoms with Gasteiger partial charge < -0.3 is 10.4 Å². The fraction of sp³-hybridized carbons (Fsp3) is 0.429. The molecular weight excluding hydrogens is 268 g/mol. The average molecular weight is 283 g/mol. The van der Waals surface area contributed by atoms with Crippen molar-refractivity contribution in [1.82, 2.24) is 5.32 Å². The third kappa shape index (κ3) is 3.31. The second-order valence-electron chi connectivity index (χ2n) is 5.13. The number of carbonyl (C=O) groups excluding carboxylic acids is 1. The molecule has 2 rings (SSSR count). The van der Waals surface area contributed by atoms with Crippen molar-refractivity contribution >= 4 is 11.9 Å². The molecule has 1 fully saturated rings. The second kappa shape index (κ2) is 5.56. The predicted molar refractivity (Wildman–Crippen MR) is 67.1 cm³/mol. The van der Waals surface area contributed by atoms with Crippen LogP contribution in [0.2, 0.25) is 0 Å². The molecule has 1 aliphatic rings. The van der Waals surface area contributed by atoms with E-state index in [1.165, 1.54) is 6.07 Å². The lowest BCUT2D eigenvalue weighted by Crippen LogP contribution is -2.35. The lowest BCUT2D eigenvalue weighted by molar-refractivity contribution is -0.137. The average Bonchev–Trinajstić information content (AvgIpc) is 3.11. The Morgan fingerprint density at radius 1 is 1.40 bits per heavy atom. The summed E-state index contributed by atoms with van der Waals surface area (Å²) in [4.78, 5) is 22.4. The molecule has 1 aromatic carbocycles. The van der Waals surface area contributed by atoms with Crippen LogP contribution in [0.3, 0.4) is 0 Å². The molecule has 0 saturated heterocycles. The zero-order valence-electron chi connectivity index (χ0n) is 10.9. The molecule has 1 amide bonds. The minimum absolute atomic E-state index is 0.123. The summed E-state index contributed by atoms with van der Waals surface area (Å²) in [5.41, 5.74) is 0.593. The molecule has 3 unspecified atom stereocenters. The number of hydrogen-bond donors (Lipinski definition) is 2. The monoisotopic (exact) mass is 283 g/mol. The summed E-state index contributed by atoms with van der Waals surface area (Å²) in [6.45, 7) is 1.61. The highest BCUT2D eigenvalue weighted by atomic mass is 19.2. The summed E-state index contributed by atoms with van der Waals surface area (Å²) >= 11 is 0. The highest BCUT2D eigenvalue weighted by Gasteiger charge is 2.44. The zero-order chi connectivity index (χ0) is 14.9. The highest BCUT2D eigenvalue weighted by molar-refractivity contribution is 5.83. The summed E-state index contributed by atoms with van der Waals surface area (Å²) in [7, 11) is 0. The van der Waals surface area contributed by atoms with Crippen LogP contribution in [0.25, 0.3) is 0 Å². The van der Waals surface area contributed by atoms with Gasteiger partial charge >= 0.3 is 5.97 Å². The van der Waals surface area contributed by atoms with Crippen molar-refractivity contribution in [2.75, 3.05) is 0 Å². The molecular formula is C14H15F2NO3. The minimum Gasteiger partial charge on any atom is -0.481 e. The smallest absolute Gasteiger partial charge is 0.305 e. The molecule has 0 aliphatic heterocycles. The van der Waals surface area contributed by atoms with Crippen molar-refractivity contribution in [1.29, 1.82) is 0 Å². The van der Waals surface area contributed by atoms with Crippen LogP contribution in [-0.2, 0) is 9.59 Å². The van der Waals surface area contributed by atoms with E-state index in [9.17, 15) is 18.4 Å². The van der Waals surface area contributed by atoms with Gasteiger partial charge in [-0.05, 0) is 37.0 Å². The largest absolute Gasteiger partial charge is 0.481 e. The van der Waals surface area contributed by atoms with Gasteiger partial charge in [0.25, 0.3) is 0 Å². The molecule has 1 aromatic rings. The van der Waals surface area contributed by atoms with E-state index in [2.05, 4.69) is 5.32 Å². The predicted octanol–water partition coefficient (Wildman–Crippen LogP) is 2.05. The fourth-order valence-corrected chi connectivity index (χ4v) is 2.26. The van der Waals surface area contributed by atoms with Crippen LogP contribution in [0.4, 0.5) is 8.78 Å². The lowest BCUT2D eigenvalue weighted by Gasteiger charge is -2.11. The lowest BCUT2D eigenvalue weighted by atomic mass is 10.1. The first kappa shape index (κ1) is 14.4. The number of benzene rings is 1. The minimum atomic E-state index is -0.981. The van der Waals surface area contributed by atoms with Crippen molar-refractivity contribution in [2.24, 2.45) is 5.92 Å². The fourth-order valence-electron chi connectivity index (χ4n) is 2.26. The summed E-state index contributed by atoms with van der Waals surface area (Å²) in [5, 5.41) is 11.2. The first-order valence-electron chi connectivity index (χ1n) is 6.35. The Morgan fingerprint density at radius 2 is 2.10 bits per heavy atom. The van der Waals surface area contributed by atoms with Crippen molar-refractivity contribution in [3.63, 3.8) is 0 Å². The van der Waals surface area contributed by atoms with Gasteiger partial charge in [-0.15, -0.1) is 0 Å². The van der Waals surface area contributed by atoms with Gasteiger partial charge in [0.1, 0.15) is 0 Å². The third-order valence-electron chi connectivity index (χ3n) is 3.37. The normalized spacial score (nSPS) is 22.1. The quantitative estimate of drug-likeness (QED) is 0.869. The van der Waals surface area contributed by atoms with E-state index in [1.807, 2.05) is 0 Å². The zero-order valence-corrected chi connectivity index (χ0v) is 10.9. The Morgan fingerprint density at radius 3 is 2.70 bits per heavy atom. The van der Waals surface area contributed by atoms with E-state index in [1.54, 1.807) is 6.92 Å². The van der Waals surface area contributed by atoms with Crippen LogP contribution in [-0.4, -0.2) is 23.0 Å². The molecule has 4 nitrogen and oxygen atoms in total. The van der Waals surface area contributed by atoms with Crippen LogP contribution in [0.5, 0.6) is 0 Å². The van der Waals surface area contributed by atoms with Crippen LogP contribution >= 0.6 is 0 Å². The van der Waals surface area contributed by atoms with Gasteiger partial charge in [0.2, 0.25) is 5.91 Å². The van der Waals surface area contributed by atoms with E-state index in [4.69, 9.17) is 5.11 Å². The van der Waals surface area contributed by atoms with Gasteiger partial charge in [-0.2, -0.15) is 0 Å². The maximum absolute atomic E-state index is 13.1. The Hall–Kier alpha value is -1.98. The van der Waals surface area contributed by atoms with Gasteiger partial charge in [-0.1, -0.05) is 6.07 Å². The molecule has 0 spiro atoms. The SMILES string of the molecule is CC(CC(=O)O)NC(=O)C1CC1c1ccc(F)c(F)c1. The molecule has 6 heteroatoms. The first-order valence-corrected chi connectivity index (χ1v) is 6.35. The number of carbonyl (C=O) groups is 2. The maximum Gasteiger partial charge on any atom is 0.305 e. The molecule has 20 heavy (non-hydrogen) atoms. The van der Waals surface area contributed by atoms with E-state index in [0.29, 0.717) is 12.0 Å². The summed E-state index contributed by atoms with van der Waals surface area (Å²) in [6.07, 6.45) is 0.422. The second-order valence-corrected chi connectivity index (χ2v) is 5.13. The Kier molecular flexibility index (Phi) is 4.01. The molecule has 0 bridgehead atoms. The van der Waals surface area contributed by atoms with Gasteiger partial charge in [0, 0.05) is 12.0 Å². The number of carboxylic acid groups (broad SMARTS) is 1. The van der Waals surface area contributed by atoms with Gasteiger partial charge in [0.05, 0.1) is 6.42 Å². The van der Waals surface area contributed by atoms with E-state index >= 15 is 0 Å². The molecule has 108 valence electrons. The van der Waals surface area contributed by atoms with E-state index in [-0.39, 0.29) is 24.2 Å². The first-order chi connectivity index (χ1) is 9.38. The van der Waals surface area contributed by atoms with E-state index < -0.39 is 23.6 Å². The molecule has 1 aliphatic carbocycles. The molecule has 0 heterocycles. The summed E-state index contributed by atoms with van der Waals surface area (Å²) in [6, 6.07) is 3.17. The van der Waals surface area contributed by atoms with E-state index in [0.717, 1.165) is 12.1 Å². The van der Waals surface area contributed by atoms with Crippen LogP contribution in [0, 0.1) is 17.6 Å². The van der Waals surface area contributed by atoms with Crippen LogP contribution < -0.4 is 5.32 Å². The molecule has 3 atom stereocenters. The maximum atomic E-state index is 13.1. The summed E-state index contributed by atoms with van der Waals surface area (Å²) in [5.74, 6) is -3.48. The number of carboxylic acids is 1. The van der Waals surface area contributed by atoms with Crippen molar-refractivity contribution in [2.45, 2.75) is 31.7 Å². The van der Waals surface area contributed by atoms with Crippen LogP contribution in [0.1, 0.15) is 31.2 Å². The number of hydrogen-bond acceptors (Lipinski definition) is 2. The Balaban J connectivity index is 1.92. The number of halogens is 2. The molecule has 2 N–H and O–H groups in total. The molecule has 0 aromatic heterocycles. The van der Waals surface area contributed by atoms with Gasteiger partial charge in [0.15, 0.2) is 11.6 Å². The van der Waals surface area contributed by atoms with Crippen molar-refractivity contribution < 1.29 is 23.5 Å². The Labute approximate surface area is 114 Å². The third-order valence-corrected chi connectivity index (χ3v) is 3.37. The number of amides is 1. The molecule has 0 radical (unpaired) electrons. The number of aliphatic carboxylic acids is 1. The topological polar surface area (TPSA) is 66.4 Å². The van der Waals surface area contributed by atoms with Crippen LogP contribution in [0.15, 0.2) is 18.2 Å². The standard InChI is InChI=1S/C14H15F2NO3/c1-7(4-13(18)19)17-14(20)10-6-9(10)8-2-3-11(15)12(16)5-8/h2-3,5,7,9-10H,4,6H2,1H3,(H,17,20)(H,18,19). The number of nitrogens with one attached hydrogen (secondary N) is 1. The molecule has 1 saturated carbocycles. The van der Waals surface area contributed by atoms with Gasteiger partial charge in [-0.25, -0.2) is 8.78 Å². The van der Waals surface area contributed by atoms with Gasteiger partial charge in [-0.3, -0.25) is 9.59 Å². The number of rotatable bonds is 5. The summed E-state index contributed by atoms with van der Waals surface area (Å²) < 4.78 is 25.9. The van der Waals surface area contributed by atoms with Crippen molar-refractivity contribution in [3.05, 3.63) is 35.4 Å². The highest BCUT2D eigenvalue weighted by Crippen LogP contribution is 2.47. The Bertz CT molecular complexity index is 547. The van der Waals surface area contributed by atoms with Crippen molar-refractivity contribution in [3.8, 4) is 0 Å².